The second kappa shape index (κ2) is 13.4. The fraction of sp³-hybridized carbons (Fsp3) is 0.552. The first kappa shape index (κ1) is 29.2. The van der Waals surface area contributed by atoms with Gasteiger partial charge in [-0.15, -0.1) is 0 Å². The van der Waals surface area contributed by atoms with Crippen molar-refractivity contribution in [1.29, 1.82) is 0 Å². The smallest absolute Gasteiger partial charge is 0.192 e. The largest absolute Gasteiger partial charge is 0.497 e. The predicted molar refractivity (Wildman–Crippen MR) is 144 cm³/mol. The van der Waals surface area contributed by atoms with Gasteiger partial charge in [0.25, 0.3) is 0 Å². The van der Waals surface area contributed by atoms with Crippen LogP contribution in [0.5, 0.6) is 5.75 Å². The second-order valence-electron chi connectivity index (χ2n) is 10.9. The molecular weight excluding hydrogens is 456 g/mol. The highest BCUT2D eigenvalue weighted by molar-refractivity contribution is 6.74. The molecule has 0 unspecified atom stereocenters. The van der Waals surface area contributed by atoms with E-state index < -0.39 is 14.4 Å². The highest BCUT2D eigenvalue weighted by Crippen LogP contribution is 2.39. The van der Waals surface area contributed by atoms with Gasteiger partial charge in [-0.1, -0.05) is 77.1 Å². The fourth-order valence-electron chi connectivity index (χ4n) is 3.71. The number of rotatable bonds is 14. The molecule has 5 nitrogen and oxygen atoms in total. The van der Waals surface area contributed by atoms with Crippen LogP contribution >= 0.6 is 0 Å². The van der Waals surface area contributed by atoms with Crippen molar-refractivity contribution in [3.8, 4) is 5.75 Å². The number of carbonyl (C=O) groups excluding carboxylic acids is 1. The number of hydrogen-bond acceptors (Lipinski definition) is 5. The molecule has 0 N–H and O–H groups in total. The molecule has 2 aromatic rings. The highest BCUT2D eigenvalue weighted by Gasteiger charge is 2.43. The lowest BCUT2D eigenvalue weighted by molar-refractivity contribution is -0.127. The van der Waals surface area contributed by atoms with Crippen molar-refractivity contribution in [2.75, 3.05) is 13.7 Å². The van der Waals surface area contributed by atoms with Crippen LogP contribution in [0.1, 0.15) is 45.7 Å². The lowest BCUT2D eigenvalue weighted by Gasteiger charge is -2.43. The molecular formula is C29H44O5Si. The minimum atomic E-state index is -2.09. The summed E-state index contributed by atoms with van der Waals surface area (Å²) in [6, 6.07) is 17.9. The Bertz CT molecular complexity index is 876. The fourth-order valence-corrected chi connectivity index (χ4v) is 5.19. The maximum atomic E-state index is 12.1. The maximum Gasteiger partial charge on any atom is 0.192 e. The minimum absolute atomic E-state index is 0.0518. The van der Waals surface area contributed by atoms with Crippen molar-refractivity contribution in [2.24, 2.45) is 11.8 Å². The van der Waals surface area contributed by atoms with Gasteiger partial charge >= 0.3 is 0 Å². The zero-order chi connectivity index (χ0) is 26.1. The van der Waals surface area contributed by atoms with E-state index >= 15 is 0 Å². The zero-order valence-corrected chi connectivity index (χ0v) is 23.7. The normalized spacial score (nSPS) is 15.8. The standard InChI is InChI=1S/C29H44O5Si/c1-22(19-32-20-24-12-10-9-11-13-24)28(34-35(7,8)29(3,4)5)23(2)27(18-30)33-21-25-14-16-26(31-6)17-15-25/h9-18,22-23,27-28H,19-21H2,1-8H3/t22-,23-,27+,28-/m0/s1. The molecule has 35 heavy (non-hydrogen) atoms. The number of carbonyl (C=O) groups is 1. The average molecular weight is 501 g/mol. The topological polar surface area (TPSA) is 54.0 Å². The molecule has 6 heteroatoms. The van der Waals surface area contributed by atoms with Gasteiger partial charge in [0.2, 0.25) is 0 Å². The quantitative estimate of drug-likeness (QED) is 0.214. The van der Waals surface area contributed by atoms with Crippen molar-refractivity contribution in [3.05, 3.63) is 65.7 Å². The predicted octanol–water partition coefficient (Wildman–Crippen LogP) is 6.66. The van der Waals surface area contributed by atoms with Crippen LogP contribution in [0.4, 0.5) is 0 Å². The van der Waals surface area contributed by atoms with E-state index in [9.17, 15) is 4.79 Å². The summed E-state index contributed by atoms with van der Waals surface area (Å²) in [4.78, 5) is 12.1. The molecule has 0 radical (unpaired) electrons. The summed E-state index contributed by atoms with van der Waals surface area (Å²) in [7, 11) is -0.452. The summed E-state index contributed by atoms with van der Waals surface area (Å²) in [6.45, 7) is 16.8. The third-order valence-corrected chi connectivity index (χ3v) is 11.5. The number of hydrogen-bond donors (Lipinski definition) is 0. The van der Waals surface area contributed by atoms with Crippen molar-refractivity contribution in [3.63, 3.8) is 0 Å². The van der Waals surface area contributed by atoms with Crippen LogP contribution in [0.3, 0.4) is 0 Å². The number of ether oxygens (including phenoxy) is 3. The van der Waals surface area contributed by atoms with Crippen molar-refractivity contribution in [1.82, 2.24) is 0 Å². The molecule has 0 spiro atoms. The Balaban J connectivity index is 2.12. The summed E-state index contributed by atoms with van der Waals surface area (Å²) in [6.07, 6.45) is 0.162. The van der Waals surface area contributed by atoms with Crippen LogP contribution in [-0.2, 0) is 31.9 Å². The second-order valence-corrected chi connectivity index (χ2v) is 15.7. The third-order valence-electron chi connectivity index (χ3n) is 7.06. The van der Waals surface area contributed by atoms with Crippen LogP contribution in [-0.4, -0.2) is 40.5 Å². The highest BCUT2D eigenvalue weighted by atomic mass is 28.4. The van der Waals surface area contributed by atoms with Gasteiger partial charge in [-0.05, 0) is 41.4 Å². The first-order valence-corrected chi connectivity index (χ1v) is 15.4. The van der Waals surface area contributed by atoms with Crippen LogP contribution in [0.15, 0.2) is 54.6 Å². The molecule has 194 valence electrons. The van der Waals surface area contributed by atoms with E-state index in [2.05, 4.69) is 59.8 Å². The third kappa shape index (κ3) is 8.87. The van der Waals surface area contributed by atoms with E-state index in [0.717, 1.165) is 23.2 Å². The first-order chi connectivity index (χ1) is 16.5. The lowest BCUT2D eigenvalue weighted by atomic mass is 9.90. The Hall–Kier alpha value is -1.99. The van der Waals surface area contributed by atoms with Crippen LogP contribution in [0.2, 0.25) is 18.1 Å². The monoisotopic (exact) mass is 500 g/mol. The summed E-state index contributed by atoms with van der Waals surface area (Å²) >= 11 is 0. The van der Waals surface area contributed by atoms with E-state index in [-0.39, 0.29) is 23.0 Å². The molecule has 0 aliphatic rings. The Morgan fingerprint density at radius 2 is 1.51 bits per heavy atom. The van der Waals surface area contributed by atoms with E-state index in [0.29, 0.717) is 19.8 Å². The van der Waals surface area contributed by atoms with Gasteiger partial charge in [0.1, 0.15) is 18.1 Å². The van der Waals surface area contributed by atoms with Gasteiger partial charge in [0, 0.05) is 11.8 Å². The molecule has 0 aliphatic carbocycles. The molecule has 4 atom stereocenters. The summed E-state index contributed by atoms with van der Waals surface area (Å²) in [5.41, 5.74) is 2.13. The van der Waals surface area contributed by atoms with E-state index in [1.165, 1.54) is 0 Å². The Kier molecular flexibility index (Phi) is 11.2. The van der Waals surface area contributed by atoms with Crippen molar-refractivity contribution in [2.45, 2.75) is 78.2 Å². The molecule has 0 aliphatic heterocycles. The SMILES string of the molecule is COc1ccc(CO[C@H](C=O)[C@H](C)[C@@H](O[Si](C)(C)C(C)(C)C)[C@@H](C)COCc2ccccc2)cc1. The van der Waals surface area contributed by atoms with Crippen LogP contribution in [0, 0.1) is 11.8 Å². The van der Waals surface area contributed by atoms with E-state index in [1.54, 1.807) is 7.11 Å². The summed E-state index contributed by atoms with van der Waals surface area (Å²) < 4.78 is 24.3. The summed E-state index contributed by atoms with van der Waals surface area (Å²) in [5.74, 6) is 0.756. The lowest BCUT2D eigenvalue weighted by Crippen LogP contribution is -2.50. The Morgan fingerprint density at radius 3 is 2.06 bits per heavy atom. The van der Waals surface area contributed by atoms with Gasteiger partial charge in [-0.25, -0.2) is 0 Å². The van der Waals surface area contributed by atoms with Gasteiger partial charge in [0.15, 0.2) is 8.32 Å². The summed E-state index contributed by atoms with van der Waals surface area (Å²) in [5, 5.41) is 0.0518. The average Bonchev–Trinajstić information content (AvgIpc) is 2.83. The minimum Gasteiger partial charge on any atom is -0.497 e. The maximum absolute atomic E-state index is 12.1. The Labute approximate surface area is 213 Å². The number of aldehydes is 1. The molecule has 0 saturated heterocycles. The number of methoxy groups -OCH3 is 1. The molecule has 0 amide bonds. The van der Waals surface area contributed by atoms with Gasteiger partial charge in [-0.3, -0.25) is 0 Å². The molecule has 0 aromatic heterocycles. The van der Waals surface area contributed by atoms with Gasteiger partial charge < -0.3 is 23.4 Å². The van der Waals surface area contributed by atoms with E-state index in [4.69, 9.17) is 18.6 Å². The number of benzene rings is 2. The molecule has 0 bridgehead atoms. The zero-order valence-electron chi connectivity index (χ0n) is 22.7. The Morgan fingerprint density at radius 1 is 0.914 bits per heavy atom. The van der Waals surface area contributed by atoms with Crippen molar-refractivity contribution >= 4 is 14.6 Å². The first-order valence-electron chi connectivity index (χ1n) is 12.5. The van der Waals surface area contributed by atoms with Gasteiger partial charge in [-0.2, -0.15) is 0 Å². The molecule has 0 fully saturated rings. The van der Waals surface area contributed by atoms with E-state index in [1.807, 2.05) is 42.5 Å². The van der Waals surface area contributed by atoms with Gasteiger partial charge in [0.05, 0.1) is 33.0 Å². The molecule has 2 aromatic carbocycles. The molecule has 0 saturated carbocycles. The molecule has 0 heterocycles. The van der Waals surface area contributed by atoms with Crippen LogP contribution in [0.25, 0.3) is 0 Å². The van der Waals surface area contributed by atoms with Crippen molar-refractivity contribution < 1.29 is 23.4 Å². The van der Waals surface area contributed by atoms with Crippen LogP contribution < -0.4 is 4.74 Å². The molecule has 2 rings (SSSR count).